The Balaban J connectivity index is 1.95. The molecule has 0 bridgehead atoms. The summed E-state index contributed by atoms with van der Waals surface area (Å²) >= 11 is 0. The topological polar surface area (TPSA) is 75.2 Å². The number of para-hydroxylation sites is 1. The van der Waals surface area contributed by atoms with Gasteiger partial charge in [-0.3, -0.25) is 0 Å². The highest BCUT2D eigenvalue weighted by Crippen LogP contribution is 2.35. The van der Waals surface area contributed by atoms with Gasteiger partial charge in [0, 0.05) is 33.2 Å². The van der Waals surface area contributed by atoms with Gasteiger partial charge in [0.2, 0.25) is 0 Å². The van der Waals surface area contributed by atoms with Gasteiger partial charge in [-0.15, -0.1) is 5.10 Å². The zero-order valence-corrected chi connectivity index (χ0v) is 12.1. The van der Waals surface area contributed by atoms with E-state index in [0.29, 0.717) is 13.2 Å². The van der Waals surface area contributed by atoms with E-state index in [1.54, 1.807) is 18.0 Å². The fourth-order valence-electron chi connectivity index (χ4n) is 2.85. The van der Waals surface area contributed by atoms with Crippen LogP contribution in [0.2, 0.25) is 0 Å². The predicted octanol–water partition coefficient (Wildman–Crippen LogP) is 1.46. The van der Waals surface area contributed by atoms with Gasteiger partial charge in [0.1, 0.15) is 0 Å². The Morgan fingerprint density at radius 3 is 2.67 bits per heavy atom. The van der Waals surface area contributed by atoms with Crippen LogP contribution >= 0.6 is 0 Å². The van der Waals surface area contributed by atoms with Crippen molar-refractivity contribution < 1.29 is 9.47 Å². The molecule has 21 heavy (non-hydrogen) atoms. The number of rotatable bonds is 4. The number of ether oxygens (including phenoxy) is 2. The van der Waals surface area contributed by atoms with E-state index in [4.69, 9.17) is 15.2 Å². The van der Waals surface area contributed by atoms with Crippen molar-refractivity contribution in [1.29, 1.82) is 0 Å². The average Bonchev–Trinajstić information content (AvgIpc) is 3.05. The highest BCUT2D eigenvalue weighted by Gasteiger charge is 2.41. The molecule has 0 radical (unpaired) electrons. The Hall–Kier alpha value is -1.76. The second-order valence-electron chi connectivity index (χ2n) is 5.27. The fourth-order valence-corrected chi connectivity index (χ4v) is 2.85. The SMILES string of the molecule is COC1(C(N)c2cnnn2-c2ccccc2)CCOCC1. The van der Waals surface area contributed by atoms with Gasteiger partial charge in [-0.25, -0.2) is 4.68 Å². The molecule has 0 saturated carbocycles. The lowest BCUT2D eigenvalue weighted by Gasteiger charge is -2.40. The van der Waals surface area contributed by atoms with Crippen LogP contribution in [0.15, 0.2) is 36.5 Å². The standard InChI is InChI=1S/C15H20N4O2/c1-20-15(7-9-21-10-8-15)14(16)13-11-17-18-19(13)12-5-3-2-4-6-12/h2-6,11,14H,7-10,16H2,1H3. The molecule has 0 amide bonds. The predicted molar refractivity (Wildman–Crippen MR) is 78.1 cm³/mol. The third-order valence-electron chi connectivity index (χ3n) is 4.21. The van der Waals surface area contributed by atoms with E-state index in [2.05, 4.69) is 10.3 Å². The van der Waals surface area contributed by atoms with E-state index in [-0.39, 0.29) is 6.04 Å². The summed E-state index contributed by atoms with van der Waals surface area (Å²) in [7, 11) is 1.71. The lowest BCUT2D eigenvalue weighted by atomic mass is 9.85. The van der Waals surface area contributed by atoms with E-state index in [9.17, 15) is 0 Å². The molecule has 1 fully saturated rings. The molecule has 1 aromatic heterocycles. The molecule has 6 nitrogen and oxygen atoms in total. The van der Waals surface area contributed by atoms with Crippen LogP contribution in [0.1, 0.15) is 24.6 Å². The minimum atomic E-state index is -0.424. The van der Waals surface area contributed by atoms with Crippen molar-refractivity contribution in [3.8, 4) is 5.69 Å². The van der Waals surface area contributed by atoms with Crippen LogP contribution in [0.25, 0.3) is 5.69 Å². The van der Waals surface area contributed by atoms with Gasteiger partial charge in [-0.1, -0.05) is 23.4 Å². The molecule has 0 aliphatic carbocycles. The summed E-state index contributed by atoms with van der Waals surface area (Å²) < 4.78 is 13.0. The number of methoxy groups -OCH3 is 1. The largest absolute Gasteiger partial charge is 0.381 e. The summed E-state index contributed by atoms with van der Waals surface area (Å²) in [5, 5.41) is 8.19. The van der Waals surface area contributed by atoms with Crippen LogP contribution in [-0.4, -0.2) is 40.9 Å². The van der Waals surface area contributed by atoms with Crippen molar-refractivity contribution in [3.63, 3.8) is 0 Å². The Bertz CT molecular complexity index is 578. The van der Waals surface area contributed by atoms with E-state index in [1.165, 1.54) is 0 Å². The summed E-state index contributed by atoms with van der Waals surface area (Å²) in [5.41, 5.74) is 7.89. The summed E-state index contributed by atoms with van der Waals surface area (Å²) in [6.07, 6.45) is 3.25. The molecule has 112 valence electrons. The van der Waals surface area contributed by atoms with Gasteiger partial charge >= 0.3 is 0 Å². The Morgan fingerprint density at radius 2 is 2.00 bits per heavy atom. The zero-order chi connectivity index (χ0) is 14.7. The molecule has 1 unspecified atom stereocenters. The van der Waals surface area contributed by atoms with Gasteiger partial charge in [-0.2, -0.15) is 0 Å². The van der Waals surface area contributed by atoms with Crippen LogP contribution in [0.4, 0.5) is 0 Å². The van der Waals surface area contributed by atoms with Crippen molar-refractivity contribution in [2.75, 3.05) is 20.3 Å². The zero-order valence-electron chi connectivity index (χ0n) is 12.1. The highest BCUT2D eigenvalue weighted by molar-refractivity contribution is 5.32. The number of nitrogens with zero attached hydrogens (tertiary/aromatic N) is 3. The summed E-state index contributed by atoms with van der Waals surface area (Å²) in [4.78, 5) is 0. The van der Waals surface area contributed by atoms with Crippen LogP contribution in [0.3, 0.4) is 0 Å². The summed E-state index contributed by atoms with van der Waals surface area (Å²) in [6, 6.07) is 9.55. The molecule has 1 saturated heterocycles. The number of aromatic nitrogens is 3. The molecule has 1 aliphatic rings. The highest BCUT2D eigenvalue weighted by atomic mass is 16.5. The lowest BCUT2D eigenvalue weighted by molar-refractivity contribution is -0.106. The second-order valence-corrected chi connectivity index (χ2v) is 5.27. The number of hydrogen-bond donors (Lipinski definition) is 1. The first-order valence-electron chi connectivity index (χ1n) is 7.11. The Kier molecular flexibility index (Phi) is 4.01. The third kappa shape index (κ3) is 2.57. The first kappa shape index (κ1) is 14.2. The molecule has 2 heterocycles. The maximum absolute atomic E-state index is 6.52. The van der Waals surface area contributed by atoms with Crippen molar-refractivity contribution in [3.05, 3.63) is 42.2 Å². The average molecular weight is 288 g/mol. The summed E-state index contributed by atoms with van der Waals surface area (Å²) in [5.74, 6) is 0. The molecule has 3 rings (SSSR count). The van der Waals surface area contributed by atoms with Gasteiger partial charge in [0.25, 0.3) is 0 Å². The van der Waals surface area contributed by atoms with Crippen molar-refractivity contribution in [2.24, 2.45) is 5.73 Å². The minimum Gasteiger partial charge on any atom is -0.381 e. The van der Waals surface area contributed by atoms with Crippen LogP contribution in [0.5, 0.6) is 0 Å². The number of benzene rings is 1. The maximum Gasteiger partial charge on any atom is 0.0930 e. The first-order valence-corrected chi connectivity index (χ1v) is 7.11. The van der Waals surface area contributed by atoms with Crippen LogP contribution < -0.4 is 5.73 Å². The second kappa shape index (κ2) is 5.93. The lowest BCUT2D eigenvalue weighted by Crippen LogP contribution is -2.48. The van der Waals surface area contributed by atoms with Crippen LogP contribution in [0, 0.1) is 0 Å². The maximum atomic E-state index is 6.52. The van der Waals surface area contributed by atoms with Gasteiger partial charge < -0.3 is 15.2 Å². The molecule has 0 spiro atoms. The van der Waals surface area contributed by atoms with Crippen LogP contribution in [-0.2, 0) is 9.47 Å². The van der Waals surface area contributed by atoms with Crippen molar-refractivity contribution in [2.45, 2.75) is 24.5 Å². The molecular weight excluding hydrogens is 268 g/mol. The molecule has 6 heteroatoms. The quantitative estimate of drug-likeness (QED) is 0.922. The fraction of sp³-hybridized carbons (Fsp3) is 0.467. The third-order valence-corrected chi connectivity index (χ3v) is 4.21. The first-order chi connectivity index (χ1) is 10.3. The van der Waals surface area contributed by atoms with Gasteiger partial charge in [-0.05, 0) is 12.1 Å². The number of hydrogen-bond acceptors (Lipinski definition) is 5. The summed E-state index contributed by atoms with van der Waals surface area (Å²) in [6.45, 7) is 1.32. The molecule has 1 aromatic carbocycles. The molecular formula is C15H20N4O2. The van der Waals surface area contributed by atoms with Gasteiger partial charge in [0.05, 0.1) is 29.2 Å². The van der Waals surface area contributed by atoms with E-state index in [0.717, 1.165) is 24.2 Å². The monoisotopic (exact) mass is 288 g/mol. The Labute approximate surface area is 123 Å². The minimum absolute atomic E-state index is 0.304. The number of nitrogens with two attached hydrogens (primary N) is 1. The molecule has 1 aliphatic heterocycles. The van der Waals surface area contributed by atoms with Gasteiger partial charge in [0.15, 0.2) is 0 Å². The molecule has 2 N–H and O–H groups in total. The molecule has 1 atom stereocenters. The van der Waals surface area contributed by atoms with Crippen molar-refractivity contribution >= 4 is 0 Å². The Morgan fingerprint density at radius 1 is 1.29 bits per heavy atom. The van der Waals surface area contributed by atoms with E-state index < -0.39 is 5.60 Å². The van der Waals surface area contributed by atoms with E-state index >= 15 is 0 Å². The van der Waals surface area contributed by atoms with E-state index in [1.807, 2.05) is 30.3 Å². The van der Waals surface area contributed by atoms with Crippen molar-refractivity contribution in [1.82, 2.24) is 15.0 Å². The smallest absolute Gasteiger partial charge is 0.0930 e. The normalized spacial score (nSPS) is 19.3. The molecule has 2 aromatic rings.